The fourth-order valence-corrected chi connectivity index (χ4v) is 9.43. The third-order valence-corrected chi connectivity index (χ3v) is 13.1. The first-order chi connectivity index (χ1) is 31.9. The van der Waals surface area contributed by atoms with E-state index in [-0.39, 0.29) is 55.3 Å². The van der Waals surface area contributed by atoms with Crippen LogP contribution in [0.25, 0.3) is 0 Å². The quantitative estimate of drug-likeness (QED) is 0.0296. The van der Waals surface area contributed by atoms with Gasteiger partial charge in [-0.1, -0.05) is 139 Å². The number of unbranched alkanes of at least 4 members (excludes halogenated alkanes) is 12. The lowest BCUT2D eigenvalue weighted by Gasteiger charge is -2.36. The first kappa shape index (κ1) is 51.9. The van der Waals surface area contributed by atoms with Crippen molar-refractivity contribution in [1.82, 2.24) is 36.1 Å². The zero-order valence-corrected chi connectivity index (χ0v) is 39.5. The number of amides is 5. The monoisotopic (exact) mass is 934 g/mol. The number of benzene rings is 2. The summed E-state index contributed by atoms with van der Waals surface area (Å²) in [5.41, 5.74) is 2.14. The van der Waals surface area contributed by atoms with Crippen molar-refractivity contribution in [3.05, 3.63) is 83.9 Å². The molecule has 66 heavy (non-hydrogen) atoms. The van der Waals surface area contributed by atoms with Crippen molar-refractivity contribution < 1.29 is 42.8 Å². The predicted octanol–water partition coefficient (Wildman–Crippen LogP) is 6.85. The van der Waals surface area contributed by atoms with Crippen LogP contribution < -0.4 is 25.8 Å². The summed E-state index contributed by atoms with van der Waals surface area (Å²) in [4.78, 5) is 97.0. The van der Waals surface area contributed by atoms with Crippen LogP contribution in [0.3, 0.4) is 0 Å². The molecule has 5 rings (SSSR count). The third kappa shape index (κ3) is 18.0. The van der Waals surface area contributed by atoms with Crippen molar-refractivity contribution in [3.63, 3.8) is 0 Å². The number of nitrogens with zero attached hydrogens (tertiary/aromatic N) is 2. The number of phosphoric acid groups is 1. The normalized spacial score (nSPS) is 18.3. The Balaban J connectivity index is 1.20. The third-order valence-electron chi connectivity index (χ3n) is 12.6. The fraction of sp³-hybridized carbons (Fsp3) is 0.592. The van der Waals surface area contributed by atoms with Crippen LogP contribution in [0.15, 0.2) is 67.1 Å². The van der Waals surface area contributed by atoms with Gasteiger partial charge in [0.25, 0.3) is 0 Å². The Morgan fingerprint density at radius 2 is 1.41 bits per heavy atom. The van der Waals surface area contributed by atoms with Crippen molar-refractivity contribution in [2.24, 2.45) is 0 Å². The Bertz CT molecular complexity index is 2000. The maximum absolute atomic E-state index is 14.5. The number of rotatable bonds is 28. The summed E-state index contributed by atoms with van der Waals surface area (Å²) in [5, 5.41) is 11.7. The number of imidazole rings is 1. The molecule has 5 amide bonds. The topological polar surface area (TPSA) is 232 Å². The molecule has 0 saturated carbocycles. The maximum atomic E-state index is 14.5. The van der Waals surface area contributed by atoms with Gasteiger partial charge in [0.05, 0.1) is 6.33 Å². The lowest BCUT2D eigenvalue weighted by atomic mass is 9.98. The number of carbonyl (C=O) groups is 5. The molecule has 3 heterocycles. The Hall–Kier alpha value is -5.05. The van der Waals surface area contributed by atoms with Gasteiger partial charge in [-0.05, 0) is 55.4 Å². The van der Waals surface area contributed by atoms with Crippen LogP contribution in [0, 0.1) is 0 Å². The van der Waals surface area contributed by atoms with Crippen molar-refractivity contribution in [3.8, 4) is 5.75 Å². The first-order valence-corrected chi connectivity index (χ1v) is 25.8. The fourth-order valence-electron chi connectivity index (χ4n) is 9.04. The highest BCUT2D eigenvalue weighted by molar-refractivity contribution is 7.46. The molecule has 3 aromatic rings. The molecule has 362 valence electrons. The minimum atomic E-state index is -4.79. The van der Waals surface area contributed by atoms with E-state index in [1.54, 1.807) is 23.2 Å². The van der Waals surface area contributed by atoms with Crippen molar-refractivity contribution in [2.45, 2.75) is 185 Å². The van der Waals surface area contributed by atoms with E-state index in [1.165, 1.54) is 76.2 Å². The second-order valence-corrected chi connectivity index (χ2v) is 19.1. The van der Waals surface area contributed by atoms with Crippen LogP contribution in [0.2, 0.25) is 0 Å². The lowest BCUT2D eigenvalue weighted by Crippen LogP contribution is -2.60. The minimum absolute atomic E-state index is 0.0364. The Labute approximate surface area is 389 Å². The number of hydrogen-bond donors (Lipinski definition) is 7. The van der Waals surface area contributed by atoms with E-state index in [2.05, 4.69) is 42.7 Å². The molecule has 7 N–H and O–H groups in total. The van der Waals surface area contributed by atoms with E-state index in [4.69, 9.17) is 0 Å². The van der Waals surface area contributed by atoms with Gasteiger partial charge in [0, 0.05) is 43.7 Å². The summed E-state index contributed by atoms with van der Waals surface area (Å²) in [6.07, 6.45) is 22.2. The van der Waals surface area contributed by atoms with E-state index in [1.807, 2.05) is 30.3 Å². The number of aromatic amines is 1. The number of aromatic nitrogens is 2. The molecule has 2 aromatic carbocycles. The molecule has 0 unspecified atom stereocenters. The number of hydrogen-bond acceptors (Lipinski definition) is 8. The van der Waals surface area contributed by atoms with Crippen LogP contribution in [-0.2, 0) is 47.9 Å². The van der Waals surface area contributed by atoms with Crippen molar-refractivity contribution in [2.75, 3.05) is 0 Å². The molecule has 17 heteroatoms. The zero-order valence-electron chi connectivity index (χ0n) is 38.6. The van der Waals surface area contributed by atoms with E-state index < -0.39 is 43.8 Å². The average molecular weight is 934 g/mol. The summed E-state index contributed by atoms with van der Waals surface area (Å²) in [6.45, 7) is 2.50. The molecular weight excluding hydrogens is 862 g/mol. The number of nitrogens with one attached hydrogen (secondary N) is 5. The van der Waals surface area contributed by atoms with Gasteiger partial charge < -0.3 is 35.7 Å². The van der Waals surface area contributed by atoms with Crippen LogP contribution in [0.1, 0.15) is 152 Å². The van der Waals surface area contributed by atoms with Crippen LogP contribution in [-0.4, -0.2) is 84.4 Å². The highest BCUT2D eigenvalue weighted by Gasteiger charge is 2.45. The maximum Gasteiger partial charge on any atom is 0.524 e. The van der Waals surface area contributed by atoms with Gasteiger partial charge in [-0.3, -0.25) is 33.8 Å². The number of phosphoric ester groups is 1. The molecule has 2 saturated heterocycles. The van der Waals surface area contributed by atoms with Crippen LogP contribution in [0.4, 0.5) is 0 Å². The first-order valence-electron chi connectivity index (χ1n) is 24.3. The molecule has 5 atom stereocenters. The highest BCUT2D eigenvalue weighted by Crippen LogP contribution is 2.37. The van der Waals surface area contributed by atoms with Crippen molar-refractivity contribution in [1.29, 1.82) is 0 Å². The predicted molar refractivity (Wildman–Crippen MR) is 252 cm³/mol. The molecule has 2 aliphatic heterocycles. The molecule has 16 nitrogen and oxygen atoms in total. The Morgan fingerprint density at radius 1 is 0.773 bits per heavy atom. The van der Waals surface area contributed by atoms with Crippen LogP contribution in [0.5, 0.6) is 5.75 Å². The summed E-state index contributed by atoms with van der Waals surface area (Å²) in [6, 6.07) is 11.2. The van der Waals surface area contributed by atoms with Gasteiger partial charge >= 0.3 is 7.82 Å². The van der Waals surface area contributed by atoms with Gasteiger partial charge in [-0.25, -0.2) is 9.55 Å². The summed E-state index contributed by atoms with van der Waals surface area (Å²) in [5.74, 6) is -2.14. The highest BCUT2D eigenvalue weighted by atomic mass is 31.2. The molecule has 2 fully saturated rings. The summed E-state index contributed by atoms with van der Waals surface area (Å²) in [7, 11) is -4.79. The van der Waals surface area contributed by atoms with Gasteiger partial charge in [-0.15, -0.1) is 0 Å². The van der Waals surface area contributed by atoms with E-state index in [9.17, 15) is 38.3 Å². The number of fused-ring (bicyclic) bond motifs is 1. The number of H-pyrrole nitrogens is 1. The summed E-state index contributed by atoms with van der Waals surface area (Å²) < 4.78 is 16.1. The van der Waals surface area contributed by atoms with E-state index in [0.717, 1.165) is 31.2 Å². The van der Waals surface area contributed by atoms with Crippen molar-refractivity contribution >= 4 is 37.4 Å². The van der Waals surface area contributed by atoms with E-state index >= 15 is 0 Å². The van der Waals surface area contributed by atoms with Gasteiger partial charge in [0.1, 0.15) is 29.9 Å². The molecule has 0 bridgehead atoms. The molecular formula is C49H72N7O9P. The molecule has 0 spiro atoms. The minimum Gasteiger partial charge on any atom is -0.404 e. The van der Waals surface area contributed by atoms with Gasteiger partial charge in [0.2, 0.25) is 29.5 Å². The Morgan fingerprint density at radius 3 is 2.05 bits per heavy atom. The molecule has 0 radical (unpaired) electrons. The van der Waals surface area contributed by atoms with Crippen LogP contribution >= 0.6 is 7.82 Å². The summed E-state index contributed by atoms with van der Waals surface area (Å²) >= 11 is 0. The molecule has 2 aliphatic rings. The van der Waals surface area contributed by atoms with E-state index in [0.29, 0.717) is 49.8 Å². The standard InChI is InChI=1S/C49H72N7O9P/c1-2-3-4-5-6-7-8-9-10-11-12-13-17-24-45(57)53-42(31-36-25-28-40(29-26-36)65-66(62,63)64)47(59)54-41-23-19-18-22-39-27-30-44(56(39)49(41)61)48(60)55-43(32-38-34-50-35-52-38)46(58)51-33-37-20-15-14-16-21-37/h14-16,20-21,25-26,28-29,34-35,39,41-44H,2-13,17-19,22-24,27,30-33H2,1H3,(H,50,52)(H,51,58)(H,53,57)(H,54,59)(H,55,60)(H2,62,63,64)/t39-,41-,42-,43-,44-/m0/s1. The SMILES string of the molecule is CCCCCCCCCCCCCCCC(=O)N[C@@H](Cc1ccc(OP(=O)(O)O)cc1)C(=O)N[C@H]1CCCC[C@H]2CC[C@@H](C(=O)N[C@@H](Cc3cnc[nH]3)C(=O)NCc3ccccc3)N2C1=O. The van der Waals surface area contributed by atoms with Gasteiger partial charge in [-0.2, -0.15) is 0 Å². The number of carbonyl (C=O) groups excluding carboxylic acids is 5. The zero-order chi connectivity index (χ0) is 47.2. The average Bonchev–Trinajstić information content (AvgIpc) is 3.97. The van der Waals surface area contributed by atoms with Gasteiger partial charge in [0.15, 0.2) is 0 Å². The smallest absolute Gasteiger partial charge is 0.404 e. The second-order valence-electron chi connectivity index (χ2n) is 17.9. The molecule has 1 aromatic heterocycles. The second kappa shape index (κ2) is 27.6. The largest absolute Gasteiger partial charge is 0.524 e. The Kier molecular flexibility index (Phi) is 21.7. The lowest BCUT2D eigenvalue weighted by molar-refractivity contribution is -0.145. The molecule has 0 aliphatic carbocycles.